The molecule has 42 heavy (non-hydrogen) atoms. The molecule has 4 rings (SSSR count). The van der Waals surface area contributed by atoms with Gasteiger partial charge in [0.05, 0.1) is 23.6 Å². The lowest BCUT2D eigenvalue weighted by atomic mass is 10.00. The first kappa shape index (κ1) is 34.7. The van der Waals surface area contributed by atoms with E-state index in [2.05, 4.69) is 47.8 Å². The highest BCUT2D eigenvalue weighted by atomic mass is 79.9. The van der Waals surface area contributed by atoms with Crippen LogP contribution < -0.4 is 20.3 Å². The fourth-order valence-electron chi connectivity index (χ4n) is 4.92. The third kappa shape index (κ3) is 9.85. The second kappa shape index (κ2) is 16.3. The van der Waals surface area contributed by atoms with Crippen LogP contribution in [0.5, 0.6) is 0 Å². The first-order chi connectivity index (χ1) is 19.6. The van der Waals surface area contributed by atoms with Gasteiger partial charge in [-0.1, -0.05) is 62.2 Å². The molecule has 0 spiro atoms. The molecule has 1 aliphatic heterocycles. The standard InChI is InChI=1S/C30H38Br2N4O4S.ClH/c1-2-34-26-15-23(16-27(18-26)36-10-6-7-11-41(36,39)40)30(38)35-28(14-21-8-4-3-5-9-21)29(37)20-33-19-22-12-24(31)17-25(32)13-22;/h3-5,8-9,12-13,15-18,28-29,33-34,37,39-40H,2,6-7,10-11,14,19-20H2,1H3,(H,35,38);1H/t28-,29-;/m0./s1. The smallest absolute Gasteiger partial charge is 0.251 e. The number of aliphatic hydroxyl groups excluding tert-OH is 1. The van der Waals surface area contributed by atoms with E-state index in [0.717, 1.165) is 38.6 Å². The zero-order valence-electron chi connectivity index (χ0n) is 23.4. The lowest BCUT2D eigenvalue weighted by Crippen LogP contribution is -2.48. The maximum atomic E-state index is 13.7. The van der Waals surface area contributed by atoms with E-state index in [1.54, 1.807) is 16.4 Å². The SMILES string of the molecule is CCNc1cc(C(=O)N[C@@H](Cc2ccccc2)[C@@H](O)CNCc2cc(Br)cc(Br)c2)cc(N2CCCCS2(O)O)c1.Cl. The molecule has 3 aromatic rings. The van der Waals surface area contributed by atoms with Crippen LogP contribution in [0.25, 0.3) is 0 Å². The minimum Gasteiger partial charge on any atom is -0.390 e. The number of hydrogen-bond acceptors (Lipinski definition) is 7. The van der Waals surface area contributed by atoms with Crippen LogP contribution in [0.15, 0.2) is 75.7 Å². The Morgan fingerprint density at radius 3 is 2.38 bits per heavy atom. The first-order valence-electron chi connectivity index (χ1n) is 13.8. The molecule has 12 heteroatoms. The molecule has 8 nitrogen and oxygen atoms in total. The van der Waals surface area contributed by atoms with E-state index in [1.165, 1.54) is 0 Å². The van der Waals surface area contributed by atoms with Crippen molar-refractivity contribution in [3.63, 3.8) is 0 Å². The summed E-state index contributed by atoms with van der Waals surface area (Å²) in [4.78, 5) is 13.7. The highest BCUT2D eigenvalue weighted by Crippen LogP contribution is 2.50. The Labute approximate surface area is 272 Å². The van der Waals surface area contributed by atoms with Crippen LogP contribution in [-0.2, 0) is 13.0 Å². The number of benzene rings is 3. The van der Waals surface area contributed by atoms with E-state index in [4.69, 9.17) is 0 Å². The second-order valence-electron chi connectivity index (χ2n) is 10.2. The number of carbonyl (C=O) groups excluding carboxylic acids is 1. The number of hydrogen-bond donors (Lipinski definition) is 6. The molecule has 2 atom stereocenters. The van der Waals surface area contributed by atoms with Crippen molar-refractivity contribution in [3.8, 4) is 0 Å². The van der Waals surface area contributed by atoms with E-state index in [9.17, 15) is 19.0 Å². The summed E-state index contributed by atoms with van der Waals surface area (Å²) in [6, 6.07) is 20.5. The lowest BCUT2D eigenvalue weighted by molar-refractivity contribution is 0.0830. The minimum absolute atomic E-state index is 0. The van der Waals surface area contributed by atoms with Gasteiger partial charge in [0.25, 0.3) is 5.91 Å². The monoisotopic (exact) mass is 744 g/mol. The Hall–Kier alpha value is -1.83. The minimum atomic E-state index is -2.95. The second-order valence-corrected chi connectivity index (χ2v) is 14.1. The summed E-state index contributed by atoms with van der Waals surface area (Å²) in [5.74, 6) is -0.0229. The average Bonchev–Trinajstić information content (AvgIpc) is 2.92. The van der Waals surface area contributed by atoms with Crippen molar-refractivity contribution < 1.29 is 19.0 Å². The van der Waals surface area contributed by atoms with E-state index in [-0.39, 0.29) is 24.9 Å². The number of nitrogens with one attached hydrogen (secondary N) is 3. The quantitative estimate of drug-likeness (QED) is 0.121. The molecule has 1 heterocycles. The largest absolute Gasteiger partial charge is 0.390 e. The van der Waals surface area contributed by atoms with Gasteiger partial charge in [-0.3, -0.25) is 18.2 Å². The number of rotatable bonds is 12. The fourth-order valence-corrected chi connectivity index (χ4v) is 7.99. The third-order valence-corrected chi connectivity index (χ3v) is 9.77. The van der Waals surface area contributed by atoms with Gasteiger partial charge in [-0.15, -0.1) is 23.2 Å². The first-order valence-corrected chi connectivity index (χ1v) is 17.0. The molecule has 1 amide bonds. The molecule has 0 radical (unpaired) electrons. The highest BCUT2D eigenvalue weighted by Gasteiger charge is 2.28. The molecule has 0 bridgehead atoms. The van der Waals surface area contributed by atoms with Crippen LogP contribution in [0.1, 0.15) is 41.3 Å². The third-order valence-electron chi connectivity index (χ3n) is 6.92. The van der Waals surface area contributed by atoms with Crippen LogP contribution in [0.4, 0.5) is 11.4 Å². The molecule has 0 saturated carbocycles. The van der Waals surface area contributed by atoms with Crippen LogP contribution in [0.3, 0.4) is 0 Å². The van der Waals surface area contributed by atoms with E-state index < -0.39 is 22.9 Å². The Balaban J connectivity index is 0.00000484. The molecule has 3 aromatic carbocycles. The van der Waals surface area contributed by atoms with Gasteiger partial charge in [0.2, 0.25) is 0 Å². The highest BCUT2D eigenvalue weighted by molar-refractivity contribution is 9.11. The van der Waals surface area contributed by atoms with Crippen molar-refractivity contribution in [1.29, 1.82) is 0 Å². The fraction of sp³-hybridized carbons (Fsp3) is 0.367. The average molecular weight is 747 g/mol. The molecule has 230 valence electrons. The molecule has 0 aromatic heterocycles. The van der Waals surface area contributed by atoms with Crippen molar-refractivity contribution >= 4 is 72.3 Å². The number of amides is 1. The predicted octanol–water partition coefficient (Wildman–Crippen LogP) is 6.82. The summed E-state index contributed by atoms with van der Waals surface area (Å²) in [6.45, 7) is 3.95. The Morgan fingerprint density at radius 2 is 1.71 bits per heavy atom. The molecule has 1 fully saturated rings. The van der Waals surface area contributed by atoms with Gasteiger partial charge in [-0.2, -0.15) is 0 Å². The summed E-state index contributed by atoms with van der Waals surface area (Å²) in [7, 11) is -2.95. The molecule has 0 aliphatic carbocycles. The van der Waals surface area contributed by atoms with Crippen molar-refractivity contribution in [2.75, 3.05) is 35.0 Å². The molecule has 1 saturated heterocycles. The summed E-state index contributed by atoms with van der Waals surface area (Å²) < 4.78 is 25.0. The van der Waals surface area contributed by atoms with Crippen molar-refractivity contribution in [2.45, 2.75) is 44.9 Å². The van der Waals surface area contributed by atoms with E-state index in [0.29, 0.717) is 43.1 Å². The van der Waals surface area contributed by atoms with Gasteiger partial charge in [-0.05, 0) is 73.7 Å². The lowest BCUT2D eigenvalue weighted by Gasteiger charge is -2.47. The summed E-state index contributed by atoms with van der Waals surface area (Å²) >= 11 is 7.01. The summed E-state index contributed by atoms with van der Waals surface area (Å²) in [6.07, 6.45) is 1.19. The maximum absolute atomic E-state index is 13.7. The van der Waals surface area contributed by atoms with Crippen LogP contribution in [0, 0.1) is 0 Å². The normalized spacial score (nSPS) is 16.6. The van der Waals surface area contributed by atoms with Gasteiger partial charge in [-0.25, -0.2) is 0 Å². The molecular formula is C30H39Br2ClN4O4S. The predicted molar refractivity (Wildman–Crippen MR) is 183 cm³/mol. The maximum Gasteiger partial charge on any atom is 0.251 e. The van der Waals surface area contributed by atoms with Gasteiger partial charge in [0, 0.05) is 46.4 Å². The van der Waals surface area contributed by atoms with Crippen LogP contribution in [-0.4, -0.2) is 57.7 Å². The summed E-state index contributed by atoms with van der Waals surface area (Å²) in [5, 5.41) is 20.9. The topological polar surface area (TPSA) is 117 Å². The van der Waals surface area contributed by atoms with Crippen molar-refractivity contribution in [3.05, 3.63) is 92.4 Å². The van der Waals surface area contributed by atoms with E-state index in [1.807, 2.05) is 61.5 Å². The molecule has 0 unspecified atom stereocenters. The van der Waals surface area contributed by atoms with Crippen LogP contribution >= 0.6 is 55.0 Å². The summed E-state index contributed by atoms with van der Waals surface area (Å²) in [5.41, 5.74) is 3.75. The van der Waals surface area contributed by atoms with Crippen molar-refractivity contribution in [2.24, 2.45) is 0 Å². The molecule has 6 N–H and O–H groups in total. The number of carbonyl (C=O) groups is 1. The Bertz CT molecular complexity index is 1300. The van der Waals surface area contributed by atoms with Gasteiger partial charge >= 0.3 is 0 Å². The number of anilines is 2. The zero-order valence-corrected chi connectivity index (χ0v) is 28.2. The number of halogens is 3. The Kier molecular flexibility index (Phi) is 13.5. The molecular weight excluding hydrogens is 708 g/mol. The number of nitrogens with zero attached hydrogens (tertiary/aromatic N) is 1. The van der Waals surface area contributed by atoms with Crippen molar-refractivity contribution in [1.82, 2.24) is 10.6 Å². The number of aliphatic hydroxyl groups is 1. The van der Waals surface area contributed by atoms with E-state index >= 15 is 0 Å². The molecule has 1 aliphatic rings. The van der Waals surface area contributed by atoms with Gasteiger partial charge in [0.15, 0.2) is 0 Å². The van der Waals surface area contributed by atoms with Crippen LogP contribution in [0.2, 0.25) is 0 Å². The zero-order chi connectivity index (χ0) is 29.4. The Morgan fingerprint density at radius 1 is 1.00 bits per heavy atom. The van der Waals surface area contributed by atoms with Gasteiger partial charge < -0.3 is 21.1 Å². The van der Waals surface area contributed by atoms with Gasteiger partial charge in [0.1, 0.15) is 0 Å².